The van der Waals surface area contributed by atoms with Gasteiger partial charge in [-0.1, -0.05) is 25.1 Å². The van der Waals surface area contributed by atoms with Crippen LogP contribution in [0.1, 0.15) is 46.5 Å². The van der Waals surface area contributed by atoms with Gasteiger partial charge < -0.3 is 4.74 Å². The van der Waals surface area contributed by atoms with Gasteiger partial charge in [-0.15, -0.1) is 0 Å². The Morgan fingerprint density at radius 3 is 2.62 bits per heavy atom. The highest BCUT2D eigenvalue weighted by Gasteiger charge is 2.49. The number of carbonyl (C=O) groups excluding carboxylic acids is 1. The molecule has 90 valence electrons. The van der Waals surface area contributed by atoms with Gasteiger partial charge in [0.2, 0.25) is 0 Å². The van der Waals surface area contributed by atoms with E-state index in [1.54, 1.807) is 4.90 Å². The van der Waals surface area contributed by atoms with Gasteiger partial charge in [0.25, 0.3) is 0 Å². The summed E-state index contributed by atoms with van der Waals surface area (Å²) in [4.78, 5) is 14.4. The number of thiocarbonyl (C=S) groups is 1. The Labute approximate surface area is 102 Å². The smallest absolute Gasteiger partial charge is 0.415 e. The second kappa shape index (κ2) is 3.99. The molecule has 2 atom stereocenters. The van der Waals surface area contributed by atoms with E-state index in [0.29, 0.717) is 12.0 Å². The maximum atomic E-state index is 11.9. The fourth-order valence-electron chi connectivity index (χ4n) is 2.50. The average Bonchev–Trinajstić information content (AvgIpc) is 2.14. The van der Waals surface area contributed by atoms with E-state index in [2.05, 4.69) is 0 Å². The number of rotatable bonds is 0. The summed E-state index contributed by atoms with van der Waals surface area (Å²) in [5, 5.41) is 0. The number of ether oxygens (including phenoxy) is 1. The molecule has 2 aliphatic rings. The third kappa shape index (κ3) is 2.08. The van der Waals surface area contributed by atoms with Crippen molar-refractivity contribution in [3.63, 3.8) is 0 Å². The zero-order chi connectivity index (χ0) is 11.9. The van der Waals surface area contributed by atoms with E-state index < -0.39 is 5.60 Å². The predicted octanol–water partition coefficient (Wildman–Crippen LogP) is 3.12. The van der Waals surface area contributed by atoms with E-state index >= 15 is 0 Å². The molecule has 1 saturated heterocycles. The zero-order valence-electron chi connectivity index (χ0n) is 10.2. The first-order chi connectivity index (χ1) is 7.40. The Bertz CT molecular complexity index is 321. The molecule has 1 amide bonds. The van der Waals surface area contributed by atoms with Gasteiger partial charge in [-0.3, -0.25) is 4.90 Å². The summed E-state index contributed by atoms with van der Waals surface area (Å²) in [6.07, 6.45) is 4.39. The number of carbonyl (C=O) groups is 1. The van der Waals surface area contributed by atoms with Crippen LogP contribution >= 0.6 is 12.2 Å². The van der Waals surface area contributed by atoms with Gasteiger partial charge in [0.1, 0.15) is 5.60 Å². The highest BCUT2D eigenvalue weighted by atomic mass is 32.1. The summed E-state index contributed by atoms with van der Waals surface area (Å²) in [7, 11) is 0. The molecule has 3 nitrogen and oxygen atoms in total. The Hall–Kier alpha value is -0.640. The van der Waals surface area contributed by atoms with Crippen LogP contribution in [0.5, 0.6) is 0 Å². The van der Waals surface area contributed by atoms with Gasteiger partial charge in [-0.25, -0.2) is 4.79 Å². The number of hydrogen-bond donors (Lipinski definition) is 0. The van der Waals surface area contributed by atoms with E-state index in [0.717, 1.165) is 17.8 Å². The first-order valence-electron chi connectivity index (χ1n) is 5.96. The Morgan fingerprint density at radius 2 is 2.00 bits per heavy atom. The molecule has 1 aliphatic carbocycles. The van der Waals surface area contributed by atoms with Crippen LogP contribution in [0.25, 0.3) is 0 Å². The number of amides is 1. The normalized spacial score (nSPS) is 29.4. The molecule has 0 N–H and O–H groups in total. The van der Waals surface area contributed by atoms with Crippen molar-refractivity contribution in [2.45, 2.75) is 58.1 Å². The molecule has 2 rings (SSSR count). The lowest BCUT2D eigenvalue weighted by atomic mass is 9.77. The topological polar surface area (TPSA) is 29.5 Å². The summed E-state index contributed by atoms with van der Waals surface area (Å²) in [5.74, 6) is 0.455. The fraction of sp³-hybridized carbons (Fsp3) is 0.833. The van der Waals surface area contributed by atoms with Crippen molar-refractivity contribution < 1.29 is 9.53 Å². The van der Waals surface area contributed by atoms with Gasteiger partial charge in [0.15, 0.2) is 0 Å². The van der Waals surface area contributed by atoms with E-state index in [1.165, 1.54) is 12.8 Å². The molecule has 0 aromatic rings. The second-order valence-corrected chi connectivity index (χ2v) is 6.07. The average molecular weight is 241 g/mol. The first kappa shape index (κ1) is 11.8. The van der Waals surface area contributed by atoms with Crippen LogP contribution in [-0.4, -0.2) is 27.6 Å². The molecule has 4 heteroatoms. The van der Waals surface area contributed by atoms with Crippen LogP contribution in [0.15, 0.2) is 0 Å². The number of likely N-dealkylation sites (tertiary alicyclic amines) is 1. The van der Waals surface area contributed by atoms with Crippen LogP contribution in [0.2, 0.25) is 0 Å². The summed E-state index contributed by atoms with van der Waals surface area (Å²) < 4.78 is 5.36. The third-order valence-electron chi connectivity index (χ3n) is 3.21. The van der Waals surface area contributed by atoms with Crippen LogP contribution in [0, 0.1) is 5.92 Å². The molecule has 0 aromatic carbocycles. The number of nitrogens with zero attached hydrogens (tertiary/aromatic N) is 1. The molecular formula is C12H19NO2S. The number of hydrogen-bond acceptors (Lipinski definition) is 3. The lowest BCUT2D eigenvalue weighted by Crippen LogP contribution is -2.63. The monoisotopic (exact) mass is 241 g/mol. The van der Waals surface area contributed by atoms with Crippen molar-refractivity contribution in [3.8, 4) is 0 Å². The molecule has 2 fully saturated rings. The van der Waals surface area contributed by atoms with E-state index in [-0.39, 0.29) is 6.09 Å². The quantitative estimate of drug-likeness (QED) is 0.610. The lowest BCUT2D eigenvalue weighted by molar-refractivity contribution is 0.0136. The predicted molar refractivity (Wildman–Crippen MR) is 66.4 cm³/mol. The van der Waals surface area contributed by atoms with Crippen molar-refractivity contribution in [1.82, 2.24) is 4.90 Å². The molecular weight excluding hydrogens is 222 g/mol. The fourth-order valence-corrected chi connectivity index (χ4v) is 2.99. The van der Waals surface area contributed by atoms with Crippen molar-refractivity contribution >= 4 is 23.3 Å². The molecule has 0 aromatic heterocycles. The van der Waals surface area contributed by atoms with Crippen molar-refractivity contribution in [2.75, 3.05) is 0 Å². The van der Waals surface area contributed by atoms with Gasteiger partial charge >= 0.3 is 6.09 Å². The zero-order valence-corrected chi connectivity index (χ0v) is 11.0. The maximum Gasteiger partial charge on any atom is 0.415 e. The Kier molecular flexibility index (Phi) is 2.95. The summed E-state index contributed by atoms with van der Waals surface area (Å²) in [5.41, 5.74) is -0.438. The van der Waals surface area contributed by atoms with Crippen molar-refractivity contribution in [1.29, 1.82) is 0 Å². The molecule has 2 unspecified atom stereocenters. The molecule has 0 radical (unpaired) electrons. The van der Waals surface area contributed by atoms with Gasteiger partial charge in [0.05, 0.1) is 4.99 Å². The Balaban J connectivity index is 2.00. The number of fused-ring (bicyclic) bond motifs is 1. The highest BCUT2D eigenvalue weighted by Crippen LogP contribution is 2.40. The highest BCUT2D eigenvalue weighted by molar-refractivity contribution is 7.80. The molecule has 0 spiro atoms. The maximum absolute atomic E-state index is 11.9. The van der Waals surface area contributed by atoms with E-state index in [9.17, 15) is 4.79 Å². The van der Waals surface area contributed by atoms with Crippen molar-refractivity contribution in [3.05, 3.63) is 0 Å². The van der Waals surface area contributed by atoms with Crippen LogP contribution in [-0.2, 0) is 4.74 Å². The molecule has 0 bridgehead atoms. The SMILES string of the molecule is CC(C)(C)OC(=O)N1C(=S)C2CCCCC21. The van der Waals surface area contributed by atoms with Gasteiger partial charge in [-0.05, 0) is 33.6 Å². The van der Waals surface area contributed by atoms with Crippen LogP contribution < -0.4 is 0 Å². The molecule has 16 heavy (non-hydrogen) atoms. The second-order valence-electron chi connectivity index (χ2n) is 5.65. The molecule has 1 aliphatic heterocycles. The van der Waals surface area contributed by atoms with Crippen molar-refractivity contribution in [2.24, 2.45) is 5.92 Å². The first-order valence-corrected chi connectivity index (χ1v) is 6.37. The standard InChI is InChI=1S/C12H19NO2S/c1-12(2,3)15-11(14)13-9-7-5-4-6-8(9)10(13)16/h8-9H,4-7H2,1-3H3. The summed E-state index contributed by atoms with van der Waals surface area (Å²) >= 11 is 5.29. The minimum absolute atomic E-state index is 0.263. The lowest BCUT2D eigenvalue weighted by Gasteiger charge is -2.50. The molecule has 1 heterocycles. The minimum atomic E-state index is -0.438. The van der Waals surface area contributed by atoms with Crippen LogP contribution in [0.4, 0.5) is 4.79 Å². The van der Waals surface area contributed by atoms with E-state index in [4.69, 9.17) is 17.0 Å². The van der Waals surface area contributed by atoms with Crippen LogP contribution in [0.3, 0.4) is 0 Å². The largest absolute Gasteiger partial charge is 0.443 e. The summed E-state index contributed by atoms with van der Waals surface area (Å²) in [6, 6.07) is 0.316. The third-order valence-corrected chi connectivity index (χ3v) is 3.71. The molecule has 1 saturated carbocycles. The van der Waals surface area contributed by atoms with Gasteiger partial charge in [0, 0.05) is 12.0 Å². The van der Waals surface area contributed by atoms with Gasteiger partial charge in [-0.2, -0.15) is 0 Å². The minimum Gasteiger partial charge on any atom is -0.443 e. The Morgan fingerprint density at radius 1 is 1.38 bits per heavy atom. The summed E-state index contributed by atoms with van der Waals surface area (Å²) in [6.45, 7) is 5.64. The van der Waals surface area contributed by atoms with E-state index in [1.807, 2.05) is 20.8 Å².